The van der Waals surface area contributed by atoms with Gasteiger partial charge in [-0.15, -0.1) is 10.2 Å². The van der Waals surface area contributed by atoms with E-state index in [4.69, 9.17) is 0 Å². The van der Waals surface area contributed by atoms with E-state index in [9.17, 15) is 9.59 Å². The summed E-state index contributed by atoms with van der Waals surface area (Å²) in [5.41, 5.74) is 2.33. The van der Waals surface area contributed by atoms with Crippen LogP contribution in [0.25, 0.3) is 11.4 Å². The normalized spacial score (nSPS) is 10.3. The predicted molar refractivity (Wildman–Crippen MR) is 97.6 cm³/mol. The molecule has 9 heteroatoms. The lowest BCUT2D eigenvalue weighted by Gasteiger charge is -2.07. The molecular weight excluding hydrogens is 348 g/mol. The summed E-state index contributed by atoms with van der Waals surface area (Å²) in [7, 11) is 1.30. The molecule has 138 valence electrons. The Balaban J connectivity index is 1.50. The first kappa shape index (κ1) is 18.1. The molecule has 0 atom stereocenters. The van der Waals surface area contributed by atoms with Gasteiger partial charge in [0.15, 0.2) is 0 Å². The van der Waals surface area contributed by atoms with Crippen LogP contribution in [0.5, 0.6) is 0 Å². The first-order valence-electron chi connectivity index (χ1n) is 8.18. The van der Waals surface area contributed by atoms with Crippen LogP contribution in [-0.2, 0) is 22.6 Å². The highest BCUT2D eigenvalue weighted by Gasteiger charge is 2.09. The first-order chi connectivity index (χ1) is 13.1. The number of methoxy groups -OCH3 is 1. The van der Waals surface area contributed by atoms with Crippen LogP contribution in [0.15, 0.2) is 54.6 Å². The fraction of sp³-hybridized carbons (Fsp3) is 0.167. The molecule has 1 aromatic heterocycles. The Morgan fingerprint density at radius 2 is 1.81 bits per heavy atom. The lowest BCUT2D eigenvalue weighted by molar-refractivity contribution is -0.122. The molecule has 2 N–H and O–H groups in total. The van der Waals surface area contributed by atoms with Crippen LogP contribution in [-0.4, -0.2) is 39.3 Å². The number of aromatic nitrogens is 4. The lowest BCUT2D eigenvalue weighted by atomic mass is 10.2. The average molecular weight is 366 g/mol. The second-order valence-corrected chi connectivity index (χ2v) is 5.60. The molecule has 3 aromatic rings. The number of nitrogens with zero attached hydrogens (tertiary/aromatic N) is 4. The third kappa shape index (κ3) is 5.11. The predicted octanol–water partition coefficient (Wildman–Crippen LogP) is 1.83. The van der Waals surface area contributed by atoms with Crippen molar-refractivity contribution in [3.63, 3.8) is 0 Å². The zero-order chi connectivity index (χ0) is 19.1. The number of hydrogen-bond acceptors (Lipinski definition) is 6. The van der Waals surface area contributed by atoms with Gasteiger partial charge in [0.1, 0.15) is 6.54 Å². The monoisotopic (exact) mass is 366 g/mol. The second-order valence-electron chi connectivity index (χ2n) is 5.60. The highest BCUT2D eigenvalue weighted by Crippen LogP contribution is 2.12. The maximum Gasteiger partial charge on any atom is 0.411 e. The van der Waals surface area contributed by atoms with E-state index in [1.807, 2.05) is 30.3 Å². The van der Waals surface area contributed by atoms with Gasteiger partial charge in [-0.3, -0.25) is 10.1 Å². The number of amides is 2. The molecule has 9 nitrogen and oxygen atoms in total. The third-order valence-electron chi connectivity index (χ3n) is 3.65. The molecule has 0 saturated carbocycles. The van der Waals surface area contributed by atoms with Crippen molar-refractivity contribution in [1.29, 1.82) is 0 Å². The standard InChI is InChI=1S/C18H18N6O3/c1-27-18(26)20-15-9-7-13(8-10-15)11-19-16(25)12-24-22-17(21-23-24)14-5-3-2-4-6-14/h2-10H,11-12H2,1H3,(H,19,25)(H,20,26). The van der Waals surface area contributed by atoms with Crippen LogP contribution >= 0.6 is 0 Å². The Hall–Kier alpha value is -3.75. The largest absolute Gasteiger partial charge is 0.453 e. The van der Waals surface area contributed by atoms with E-state index in [-0.39, 0.29) is 12.5 Å². The van der Waals surface area contributed by atoms with Crippen LogP contribution in [0.2, 0.25) is 0 Å². The fourth-order valence-electron chi connectivity index (χ4n) is 2.27. The summed E-state index contributed by atoms with van der Waals surface area (Å²) in [5, 5.41) is 17.4. The van der Waals surface area contributed by atoms with Gasteiger partial charge < -0.3 is 10.1 Å². The molecule has 0 fully saturated rings. The summed E-state index contributed by atoms with van der Waals surface area (Å²) in [5.74, 6) is 0.237. The molecule has 0 saturated heterocycles. The van der Waals surface area contributed by atoms with Crippen LogP contribution in [0.3, 0.4) is 0 Å². The molecule has 0 spiro atoms. The number of rotatable bonds is 6. The number of ether oxygens (including phenoxy) is 1. The molecule has 2 aromatic carbocycles. The molecule has 0 bridgehead atoms. The van der Waals surface area contributed by atoms with Gasteiger partial charge in [-0.05, 0) is 22.9 Å². The Kier molecular flexibility index (Phi) is 5.73. The van der Waals surface area contributed by atoms with Gasteiger partial charge in [0.05, 0.1) is 7.11 Å². The molecule has 3 rings (SSSR count). The summed E-state index contributed by atoms with van der Waals surface area (Å²) in [6.07, 6.45) is -0.536. The van der Waals surface area contributed by atoms with E-state index in [1.165, 1.54) is 11.9 Å². The molecule has 1 heterocycles. The Morgan fingerprint density at radius 3 is 2.52 bits per heavy atom. The smallest absolute Gasteiger partial charge is 0.411 e. The number of tetrazole rings is 1. The van der Waals surface area contributed by atoms with Crippen molar-refractivity contribution >= 4 is 17.7 Å². The number of carbonyl (C=O) groups is 2. The van der Waals surface area contributed by atoms with E-state index in [2.05, 4.69) is 30.8 Å². The SMILES string of the molecule is COC(=O)Nc1ccc(CNC(=O)Cn2nnc(-c3ccccc3)n2)cc1. The molecule has 0 radical (unpaired) electrons. The minimum Gasteiger partial charge on any atom is -0.453 e. The van der Waals surface area contributed by atoms with Crippen molar-refractivity contribution in [3.05, 3.63) is 60.2 Å². The van der Waals surface area contributed by atoms with Crippen LogP contribution in [0.1, 0.15) is 5.56 Å². The quantitative estimate of drug-likeness (QED) is 0.689. The minimum atomic E-state index is -0.536. The van der Waals surface area contributed by atoms with Crippen molar-refractivity contribution in [2.45, 2.75) is 13.1 Å². The summed E-state index contributed by atoms with van der Waals surface area (Å²) in [6.45, 7) is 0.319. The number of carbonyl (C=O) groups excluding carboxylic acids is 2. The molecule has 27 heavy (non-hydrogen) atoms. The number of benzene rings is 2. The van der Waals surface area contributed by atoms with Gasteiger partial charge in [0.25, 0.3) is 0 Å². The van der Waals surface area contributed by atoms with Gasteiger partial charge >= 0.3 is 6.09 Å². The van der Waals surface area contributed by atoms with Gasteiger partial charge in [-0.25, -0.2) is 4.79 Å². The second kappa shape index (κ2) is 8.56. The van der Waals surface area contributed by atoms with E-state index in [0.29, 0.717) is 18.1 Å². The summed E-state index contributed by atoms with van der Waals surface area (Å²) in [6, 6.07) is 16.5. The number of anilines is 1. The molecular formula is C18H18N6O3. The molecule has 0 unspecified atom stereocenters. The van der Waals surface area contributed by atoms with Crippen molar-refractivity contribution < 1.29 is 14.3 Å². The Morgan fingerprint density at radius 1 is 1.07 bits per heavy atom. The highest BCUT2D eigenvalue weighted by atomic mass is 16.5. The van der Waals surface area contributed by atoms with Crippen LogP contribution in [0.4, 0.5) is 10.5 Å². The van der Waals surface area contributed by atoms with Gasteiger partial charge in [-0.1, -0.05) is 42.5 Å². The number of nitrogens with one attached hydrogen (secondary N) is 2. The van der Waals surface area contributed by atoms with E-state index in [0.717, 1.165) is 11.1 Å². The topological polar surface area (TPSA) is 111 Å². The first-order valence-corrected chi connectivity index (χ1v) is 8.18. The van der Waals surface area contributed by atoms with E-state index < -0.39 is 6.09 Å². The van der Waals surface area contributed by atoms with Gasteiger partial charge in [-0.2, -0.15) is 4.80 Å². The summed E-state index contributed by atoms with van der Waals surface area (Å²) >= 11 is 0. The highest BCUT2D eigenvalue weighted by molar-refractivity contribution is 5.84. The average Bonchev–Trinajstić information content (AvgIpc) is 3.16. The number of hydrogen-bond donors (Lipinski definition) is 2. The van der Waals surface area contributed by atoms with Crippen LogP contribution < -0.4 is 10.6 Å². The zero-order valence-corrected chi connectivity index (χ0v) is 14.6. The third-order valence-corrected chi connectivity index (χ3v) is 3.65. The van der Waals surface area contributed by atoms with E-state index >= 15 is 0 Å². The molecule has 0 aliphatic heterocycles. The van der Waals surface area contributed by atoms with Crippen molar-refractivity contribution in [1.82, 2.24) is 25.5 Å². The van der Waals surface area contributed by atoms with Crippen molar-refractivity contribution in [2.75, 3.05) is 12.4 Å². The summed E-state index contributed by atoms with van der Waals surface area (Å²) < 4.78 is 4.52. The van der Waals surface area contributed by atoms with Gasteiger partial charge in [0.2, 0.25) is 11.7 Å². The summed E-state index contributed by atoms with van der Waals surface area (Å²) in [4.78, 5) is 24.5. The molecule has 0 aliphatic carbocycles. The fourth-order valence-corrected chi connectivity index (χ4v) is 2.27. The Bertz CT molecular complexity index is 908. The molecule has 0 aliphatic rings. The maximum atomic E-state index is 12.1. The van der Waals surface area contributed by atoms with Crippen LogP contribution in [0, 0.1) is 0 Å². The maximum absolute atomic E-state index is 12.1. The minimum absolute atomic E-state index is 0.0260. The lowest BCUT2D eigenvalue weighted by Crippen LogP contribution is -2.28. The molecule has 2 amide bonds. The van der Waals surface area contributed by atoms with Gasteiger partial charge in [0, 0.05) is 17.8 Å². The van der Waals surface area contributed by atoms with Crippen molar-refractivity contribution in [2.24, 2.45) is 0 Å². The zero-order valence-electron chi connectivity index (χ0n) is 14.6. The van der Waals surface area contributed by atoms with E-state index in [1.54, 1.807) is 24.3 Å². The Labute approximate surface area is 155 Å². The van der Waals surface area contributed by atoms with Crippen molar-refractivity contribution in [3.8, 4) is 11.4 Å².